The molecule has 1 aromatic rings. The summed E-state index contributed by atoms with van der Waals surface area (Å²) in [6.07, 6.45) is 0.723. The van der Waals surface area contributed by atoms with Crippen molar-refractivity contribution >= 4 is 39.1 Å². The van der Waals surface area contributed by atoms with E-state index in [1.165, 1.54) is 0 Å². The third-order valence-electron chi connectivity index (χ3n) is 2.38. The Morgan fingerprint density at radius 1 is 1.59 bits per heavy atom. The molecule has 0 saturated carbocycles. The first-order chi connectivity index (χ1) is 7.99. The van der Waals surface area contributed by atoms with Crippen LogP contribution in [0.5, 0.6) is 5.75 Å². The second-order valence-corrected chi connectivity index (χ2v) is 5.18. The van der Waals surface area contributed by atoms with Gasteiger partial charge in [-0.2, -0.15) is 0 Å². The van der Waals surface area contributed by atoms with Crippen molar-refractivity contribution in [2.24, 2.45) is 0 Å². The van der Waals surface area contributed by atoms with Crippen LogP contribution >= 0.6 is 27.5 Å². The predicted octanol–water partition coefficient (Wildman–Crippen LogP) is 3.77. The molecule has 1 atom stereocenters. The van der Waals surface area contributed by atoms with E-state index in [9.17, 15) is 4.79 Å². The molecule has 0 heterocycles. The molecule has 1 N–H and O–H groups in total. The van der Waals surface area contributed by atoms with Gasteiger partial charge in [0, 0.05) is 11.1 Å². The van der Waals surface area contributed by atoms with E-state index in [2.05, 4.69) is 21.2 Å². The van der Waals surface area contributed by atoms with Crippen LogP contribution in [-0.4, -0.2) is 17.8 Å². The van der Waals surface area contributed by atoms with Crippen LogP contribution in [0, 0.1) is 6.92 Å². The molecule has 1 unspecified atom stereocenters. The van der Waals surface area contributed by atoms with Gasteiger partial charge in [-0.15, -0.1) is 0 Å². The number of rotatable bonds is 4. The third-order valence-corrected chi connectivity index (χ3v) is 3.85. The maximum Gasteiger partial charge on any atom is 0.238 e. The lowest BCUT2D eigenvalue weighted by Crippen LogP contribution is -2.22. The molecule has 0 aliphatic rings. The molecule has 3 nitrogen and oxygen atoms in total. The smallest absolute Gasteiger partial charge is 0.238 e. The molecule has 17 heavy (non-hydrogen) atoms. The molecule has 0 saturated heterocycles. The first-order valence-electron chi connectivity index (χ1n) is 5.28. The van der Waals surface area contributed by atoms with Crippen molar-refractivity contribution in [1.29, 1.82) is 0 Å². The molecule has 1 amide bonds. The summed E-state index contributed by atoms with van der Waals surface area (Å²) in [7, 11) is 1.54. The zero-order chi connectivity index (χ0) is 13.0. The number of hydrogen-bond acceptors (Lipinski definition) is 2. The van der Waals surface area contributed by atoms with Crippen LogP contribution in [0.4, 0.5) is 5.69 Å². The van der Waals surface area contributed by atoms with E-state index < -0.39 is 0 Å². The van der Waals surface area contributed by atoms with E-state index in [0.29, 0.717) is 16.5 Å². The number of methoxy groups -OCH3 is 1. The highest BCUT2D eigenvalue weighted by molar-refractivity contribution is 9.10. The summed E-state index contributed by atoms with van der Waals surface area (Å²) in [5.41, 5.74) is 1.53. The molecular weight excluding hydrogens is 305 g/mol. The quantitative estimate of drug-likeness (QED) is 0.858. The summed E-state index contributed by atoms with van der Waals surface area (Å²) in [5, 5.41) is 3.43. The van der Waals surface area contributed by atoms with Gasteiger partial charge in [0.15, 0.2) is 0 Å². The minimum Gasteiger partial charge on any atom is -0.495 e. The minimum absolute atomic E-state index is 0.0903. The average Bonchev–Trinajstić information content (AvgIpc) is 2.32. The highest BCUT2D eigenvalue weighted by atomic mass is 79.9. The molecule has 1 rings (SSSR count). The van der Waals surface area contributed by atoms with Crippen LogP contribution < -0.4 is 10.1 Å². The number of hydrogen-bond donors (Lipinski definition) is 1. The van der Waals surface area contributed by atoms with Crippen molar-refractivity contribution < 1.29 is 9.53 Å². The largest absolute Gasteiger partial charge is 0.495 e. The normalized spacial score (nSPS) is 12.1. The van der Waals surface area contributed by atoms with Crippen molar-refractivity contribution in [3.05, 3.63) is 22.7 Å². The van der Waals surface area contributed by atoms with Crippen LogP contribution in [0.2, 0.25) is 5.02 Å². The van der Waals surface area contributed by atoms with Crippen molar-refractivity contribution in [2.75, 3.05) is 12.4 Å². The van der Waals surface area contributed by atoms with E-state index in [1.54, 1.807) is 19.2 Å². The molecule has 0 aliphatic heterocycles. The lowest BCUT2D eigenvalue weighted by molar-refractivity contribution is -0.115. The third kappa shape index (κ3) is 3.61. The molecule has 0 fully saturated rings. The Balaban J connectivity index is 2.97. The number of halogens is 2. The summed E-state index contributed by atoms with van der Waals surface area (Å²) in [6, 6.07) is 3.50. The Labute approximate surface area is 115 Å². The zero-order valence-corrected chi connectivity index (χ0v) is 12.4. The molecule has 0 bridgehead atoms. The van der Waals surface area contributed by atoms with Gasteiger partial charge >= 0.3 is 0 Å². The van der Waals surface area contributed by atoms with Gasteiger partial charge < -0.3 is 10.1 Å². The standard InChI is InChI=1S/C12H15BrClNO2/c1-4-8(13)12(16)15-10-5-7(2)9(14)6-11(10)17-3/h5-6,8H,4H2,1-3H3,(H,15,16). The average molecular weight is 321 g/mol. The summed E-state index contributed by atoms with van der Waals surface area (Å²) in [5.74, 6) is 0.470. The summed E-state index contributed by atoms with van der Waals surface area (Å²) in [6.45, 7) is 3.81. The molecule has 0 radical (unpaired) electrons. The fraction of sp³-hybridized carbons (Fsp3) is 0.417. The Hall–Kier alpha value is -0.740. The first kappa shape index (κ1) is 14.3. The van der Waals surface area contributed by atoms with E-state index in [-0.39, 0.29) is 10.7 Å². The van der Waals surface area contributed by atoms with Gasteiger partial charge in [-0.25, -0.2) is 0 Å². The first-order valence-corrected chi connectivity index (χ1v) is 6.58. The maximum absolute atomic E-state index is 11.8. The van der Waals surface area contributed by atoms with Crippen molar-refractivity contribution in [3.63, 3.8) is 0 Å². The molecule has 1 aromatic carbocycles. The summed E-state index contributed by atoms with van der Waals surface area (Å²) >= 11 is 9.29. The molecule has 94 valence electrons. The number of anilines is 1. The lowest BCUT2D eigenvalue weighted by atomic mass is 10.2. The zero-order valence-electron chi connectivity index (χ0n) is 10.0. The van der Waals surface area contributed by atoms with E-state index in [0.717, 1.165) is 12.0 Å². The second-order valence-electron chi connectivity index (χ2n) is 3.67. The SMILES string of the molecule is CCC(Br)C(=O)Nc1cc(C)c(Cl)cc1OC. The van der Waals surface area contributed by atoms with Crippen molar-refractivity contribution in [2.45, 2.75) is 25.1 Å². The number of ether oxygens (including phenoxy) is 1. The number of carbonyl (C=O) groups excluding carboxylic acids is 1. The fourth-order valence-corrected chi connectivity index (χ4v) is 1.59. The molecule has 0 spiro atoms. The minimum atomic E-state index is -0.205. The maximum atomic E-state index is 11.8. The number of amides is 1. The van der Waals surface area contributed by atoms with Crippen LogP contribution in [0.3, 0.4) is 0 Å². The Morgan fingerprint density at radius 2 is 2.24 bits per heavy atom. The highest BCUT2D eigenvalue weighted by Crippen LogP contribution is 2.31. The van der Waals surface area contributed by atoms with Gasteiger partial charge in [0.1, 0.15) is 5.75 Å². The van der Waals surface area contributed by atoms with Gasteiger partial charge in [0.2, 0.25) is 5.91 Å². The number of alkyl halides is 1. The predicted molar refractivity (Wildman–Crippen MR) is 74.4 cm³/mol. The van der Waals surface area contributed by atoms with Crippen LogP contribution in [-0.2, 0) is 4.79 Å². The van der Waals surface area contributed by atoms with E-state index in [4.69, 9.17) is 16.3 Å². The molecule has 5 heteroatoms. The fourth-order valence-electron chi connectivity index (χ4n) is 1.33. The van der Waals surface area contributed by atoms with E-state index >= 15 is 0 Å². The number of benzene rings is 1. The van der Waals surface area contributed by atoms with Gasteiger partial charge in [0.05, 0.1) is 17.6 Å². The molecule has 0 aromatic heterocycles. The van der Waals surface area contributed by atoms with E-state index in [1.807, 2.05) is 13.8 Å². The summed E-state index contributed by atoms with van der Waals surface area (Å²) in [4.78, 5) is 11.6. The van der Waals surface area contributed by atoms with Crippen LogP contribution in [0.15, 0.2) is 12.1 Å². The Morgan fingerprint density at radius 3 is 2.76 bits per heavy atom. The van der Waals surface area contributed by atoms with Crippen LogP contribution in [0.25, 0.3) is 0 Å². The number of nitrogens with one attached hydrogen (secondary N) is 1. The number of carbonyl (C=O) groups is 1. The second kappa shape index (κ2) is 6.26. The summed E-state index contributed by atoms with van der Waals surface area (Å²) < 4.78 is 5.18. The van der Waals surface area contributed by atoms with Gasteiger partial charge in [0.25, 0.3) is 0 Å². The van der Waals surface area contributed by atoms with Gasteiger partial charge in [-0.3, -0.25) is 4.79 Å². The monoisotopic (exact) mass is 319 g/mol. The van der Waals surface area contributed by atoms with Gasteiger partial charge in [-0.1, -0.05) is 34.5 Å². The molecule has 0 aliphatic carbocycles. The van der Waals surface area contributed by atoms with Crippen molar-refractivity contribution in [1.82, 2.24) is 0 Å². The lowest BCUT2D eigenvalue weighted by Gasteiger charge is -2.13. The highest BCUT2D eigenvalue weighted by Gasteiger charge is 2.15. The Kier molecular flexibility index (Phi) is 5.28. The Bertz CT molecular complexity index is 423. The molecular formula is C12H15BrClNO2. The van der Waals surface area contributed by atoms with Gasteiger partial charge in [-0.05, 0) is 25.0 Å². The van der Waals surface area contributed by atoms with Crippen molar-refractivity contribution in [3.8, 4) is 5.75 Å². The van der Waals surface area contributed by atoms with Crippen LogP contribution in [0.1, 0.15) is 18.9 Å². The number of aryl methyl sites for hydroxylation is 1. The topological polar surface area (TPSA) is 38.3 Å².